The number of nitrogens with zero attached hydrogens (tertiary/aromatic N) is 2. The zero-order valence-corrected chi connectivity index (χ0v) is 10.1. The van der Waals surface area contributed by atoms with E-state index in [0.29, 0.717) is 25.1 Å². The first-order chi connectivity index (χ1) is 8.69. The molecule has 18 heavy (non-hydrogen) atoms. The van der Waals surface area contributed by atoms with Gasteiger partial charge in [-0.3, -0.25) is 0 Å². The second kappa shape index (κ2) is 7.25. The summed E-state index contributed by atoms with van der Waals surface area (Å²) in [5.41, 5.74) is 0.625. The van der Waals surface area contributed by atoms with Crippen molar-refractivity contribution in [3.8, 4) is 6.07 Å². The second-order valence-corrected chi connectivity index (χ2v) is 3.68. The molecule has 1 atom stereocenters. The van der Waals surface area contributed by atoms with Crippen molar-refractivity contribution in [2.75, 3.05) is 19.0 Å². The predicted octanol–water partition coefficient (Wildman–Crippen LogP) is 1.24. The fraction of sp³-hybridized carbons (Fsp3) is 0.417. The van der Waals surface area contributed by atoms with Gasteiger partial charge in [-0.25, -0.2) is 9.78 Å². The van der Waals surface area contributed by atoms with Crippen LogP contribution < -0.4 is 5.32 Å². The van der Waals surface area contributed by atoms with Crippen molar-refractivity contribution in [3.63, 3.8) is 0 Å². The molecule has 0 fully saturated rings. The molecule has 1 heterocycles. The first-order valence-electron chi connectivity index (χ1n) is 5.52. The van der Waals surface area contributed by atoms with E-state index in [1.54, 1.807) is 19.2 Å². The van der Waals surface area contributed by atoms with Crippen LogP contribution in [0.5, 0.6) is 0 Å². The van der Waals surface area contributed by atoms with Crippen LogP contribution in [0.2, 0.25) is 0 Å². The maximum Gasteiger partial charge on any atom is 0.326 e. The summed E-state index contributed by atoms with van der Waals surface area (Å²) in [4.78, 5) is 15.0. The molecule has 0 aromatic carbocycles. The molecule has 0 aliphatic carbocycles. The smallest absolute Gasteiger partial charge is 0.326 e. The van der Waals surface area contributed by atoms with Gasteiger partial charge in [0.05, 0.1) is 5.69 Å². The number of carboxylic acids is 1. The van der Waals surface area contributed by atoms with Gasteiger partial charge in [0.1, 0.15) is 12.1 Å². The van der Waals surface area contributed by atoms with Crippen molar-refractivity contribution in [1.29, 1.82) is 5.26 Å². The zero-order chi connectivity index (χ0) is 13.4. The van der Waals surface area contributed by atoms with Crippen molar-refractivity contribution in [3.05, 3.63) is 24.0 Å². The molecule has 0 amide bonds. The molecule has 96 valence electrons. The van der Waals surface area contributed by atoms with Crippen LogP contribution in [-0.4, -0.2) is 35.8 Å². The van der Waals surface area contributed by atoms with Gasteiger partial charge < -0.3 is 15.2 Å². The minimum atomic E-state index is -0.959. The summed E-state index contributed by atoms with van der Waals surface area (Å²) >= 11 is 0. The van der Waals surface area contributed by atoms with Gasteiger partial charge in [-0.1, -0.05) is 0 Å². The molecule has 6 heteroatoms. The summed E-state index contributed by atoms with van der Waals surface area (Å²) in [6.07, 6.45) is 2.54. The molecular weight excluding hydrogens is 234 g/mol. The van der Waals surface area contributed by atoms with E-state index in [4.69, 9.17) is 15.1 Å². The monoisotopic (exact) mass is 249 g/mol. The molecule has 0 bridgehead atoms. The fourth-order valence-electron chi connectivity index (χ4n) is 1.49. The Balaban J connectivity index is 2.71. The molecule has 1 rings (SSSR count). The number of hydrogen-bond donors (Lipinski definition) is 2. The fourth-order valence-corrected chi connectivity index (χ4v) is 1.49. The number of hydrogen-bond acceptors (Lipinski definition) is 5. The zero-order valence-electron chi connectivity index (χ0n) is 10.1. The Morgan fingerprint density at radius 3 is 3.11 bits per heavy atom. The molecule has 1 unspecified atom stereocenters. The molecule has 0 aliphatic rings. The Labute approximate surface area is 105 Å². The summed E-state index contributed by atoms with van der Waals surface area (Å²) in [6, 6.07) is 4.45. The van der Waals surface area contributed by atoms with E-state index in [9.17, 15) is 4.79 Å². The van der Waals surface area contributed by atoms with Crippen LogP contribution in [0.1, 0.15) is 18.5 Å². The van der Waals surface area contributed by atoms with Gasteiger partial charge in [-0.05, 0) is 25.0 Å². The van der Waals surface area contributed by atoms with E-state index in [1.165, 1.54) is 6.20 Å². The first-order valence-corrected chi connectivity index (χ1v) is 5.52. The second-order valence-electron chi connectivity index (χ2n) is 3.68. The SMILES string of the molecule is COCCCC(Nc1cccnc1C#N)C(=O)O. The number of aliphatic carboxylic acids is 1. The summed E-state index contributed by atoms with van der Waals surface area (Å²) in [6.45, 7) is 0.504. The van der Waals surface area contributed by atoms with E-state index >= 15 is 0 Å². The van der Waals surface area contributed by atoms with Crippen LogP contribution in [0, 0.1) is 11.3 Å². The summed E-state index contributed by atoms with van der Waals surface area (Å²) in [5.74, 6) is -0.959. The van der Waals surface area contributed by atoms with Gasteiger partial charge in [0.15, 0.2) is 5.69 Å². The number of aromatic nitrogens is 1. The maximum absolute atomic E-state index is 11.1. The predicted molar refractivity (Wildman–Crippen MR) is 65.1 cm³/mol. The topological polar surface area (TPSA) is 95.2 Å². The van der Waals surface area contributed by atoms with Crippen molar-refractivity contribution in [1.82, 2.24) is 4.98 Å². The average molecular weight is 249 g/mol. The highest BCUT2D eigenvalue weighted by molar-refractivity contribution is 5.77. The van der Waals surface area contributed by atoms with E-state index in [-0.39, 0.29) is 5.69 Å². The van der Waals surface area contributed by atoms with E-state index in [2.05, 4.69) is 10.3 Å². The Hall–Kier alpha value is -2.13. The van der Waals surface area contributed by atoms with Crippen molar-refractivity contribution < 1.29 is 14.6 Å². The molecule has 0 saturated heterocycles. The third kappa shape index (κ3) is 4.03. The minimum Gasteiger partial charge on any atom is -0.480 e. The molecule has 0 radical (unpaired) electrons. The van der Waals surface area contributed by atoms with Gasteiger partial charge >= 0.3 is 5.97 Å². The number of carbonyl (C=O) groups is 1. The minimum absolute atomic E-state index is 0.190. The Kier molecular flexibility index (Phi) is 5.61. The number of nitrogens with one attached hydrogen (secondary N) is 1. The average Bonchev–Trinajstić information content (AvgIpc) is 2.38. The lowest BCUT2D eigenvalue weighted by Crippen LogP contribution is -2.30. The molecule has 1 aromatic rings. The molecule has 0 spiro atoms. The lowest BCUT2D eigenvalue weighted by atomic mass is 10.1. The van der Waals surface area contributed by atoms with Gasteiger partial charge in [0, 0.05) is 19.9 Å². The van der Waals surface area contributed by atoms with Crippen LogP contribution in [0.25, 0.3) is 0 Å². The van der Waals surface area contributed by atoms with Crippen LogP contribution in [0.3, 0.4) is 0 Å². The van der Waals surface area contributed by atoms with Crippen LogP contribution in [-0.2, 0) is 9.53 Å². The van der Waals surface area contributed by atoms with Crippen molar-refractivity contribution >= 4 is 11.7 Å². The summed E-state index contributed by atoms with van der Waals surface area (Å²) in [7, 11) is 1.57. The number of methoxy groups -OCH3 is 1. The van der Waals surface area contributed by atoms with Crippen LogP contribution in [0.4, 0.5) is 5.69 Å². The summed E-state index contributed by atoms with van der Waals surface area (Å²) < 4.78 is 4.88. The van der Waals surface area contributed by atoms with Gasteiger partial charge in [0.25, 0.3) is 0 Å². The van der Waals surface area contributed by atoms with Crippen molar-refractivity contribution in [2.24, 2.45) is 0 Å². The number of anilines is 1. The first kappa shape index (κ1) is 13.9. The highest BCUT2D eigenvalue weighted by Gasteiger charge is 2.18. The lowest BCUT2D eigenvalue weighted by Gasteiger charge is -2.15. The third-order valence-corrected chi connectivity index (χ3v) is 2.38. The number of nitriles is 1. The number of rotatable bonds is 7. The number of ether oxygens (including phenoxy) is 1. The normalized spacial score (nSPS) is 11.6. The lowest BCUT2D eigenvalue weighted by molar-refractivity contribution is -0.138. The number of pyridine rings is 1. The maximum atomic E-state index is 11.1. The molecule has 0 saturated carbocycles. The Bertz CT molecular complexity index is 442. The molecule has 2 N–H and O–H groups in total. The van der Waals surface area contributed by atoms with Crippen LogP contribution >= 0.6 is 0 Å². The largest absolute Gasteiger partial charge is 0.480 e. The molecule has 1 aromatic heterocycles. The third-order valence-electron chi connectivity index (χ3n) is 2.38. The molecular formula is C12H15N3O3. The summed E-state index contributed by atoms with van der Waals surface area (Å²) in [5, 5.41) is 20.8. The highest BCUT2D eigenvalue weighted by Crippen LogP contribution is 2.14. The number of carboxylic acid groups (broad SMARTS) is 1. The van der Waals surface area contributed by atoms with Gasteiger partial charge in [-0.2, -0.15) is 5.26 Å². The van der Waals surface area contributed by atoms with E-state index in [0.717, 1.165) is 0 Å². The molecule has 0 aliphatic heterocycles. The van der Waals surface area contributed by atoms with Gasteiger partial charge in [0.2, 0.25) is 0 Å². The van der Waals surface area contributed by atoms with E-state index < -0.39 is 12.0 Å². The quantitative estimate of drug-likeness (QED) is 0.706. The van der Waals surface area contributed by atoms with Gasteiger partial charge in [-0.15, -0.1) is 0 Å². The Morgan fingerprint density at radius 1 is 1.72 bits per heavy atom. The standard InChI is InChI=1S/C12H15N3O3/c1-18-7-3-5-10(12(16)17)15-9-4-2-6-14-11(9)8-13/h2,4,6,10,15H,3,5,7H2,1H3,(H,16,17). The highest BCUT2D eigenvalue weighted by atomic mass is 16.5. The molecule has 6 nitrogen and oxygen atoms in total. The Morgan fingerprint density at radius 2 is 2.50 bits per heavy atom. The van der Waals surface area contributed by atoms with Crippen molar-refractivity contribution in [2.45, 2.75) is 18.9 Å². The van der Waals surface area contributed by atoms with E-state index in [1.807, 2.05) is 6.07 Å². The van der Waals surface area contributed by atoms with Crippen LogP contribution in [0.15, 0.2) is 18.3 Å².